The molecule has 1 aliphatic carbocycles. The molecule has 1 amide bonds. The molecule has 2 aromatic carbocycles. The van der Waals surface area contributed by atoms with E-state index in [9.17, 15) is 9.59 Å². The van der Waals surface area contributed by atoms with E-state index in [1.165, 1.54) is 12.8 Å². The molecule has 2 fully saturated rings. The SMILES string of the molecule is CCOC(=O)N1CC(c2ccc(OC)c(OC3CCCC3)c2)C(C)(C(C)OC(=O)c2ccccc2)C1. The van der Waals surface area contributed by atoms with E-state index in [0.717, 1.165) is 18.4 Å². The van der Waals surface area contributed by atoms with Crippen molar-refractivity contribution in [2.45, 2.75) is 64.6 Å². The van der Waals surface area contributed by atoms with Gasteiger partial charge < -0.3 is 23.8 Å². The van der Waals surface area contributed by atoms with Gasteiger partial charge in [0.25, 0.3) is 0 Å². The summed E-state index contributed by atoms with van der Waals surface area (Å²) in [4.78, 5) is 27.3. The van der Waals surface area contributed by atoms with Crippen LogP contribution in [0.4, 0.5) is 4.79 Å². The van der Waals surface area contributed by atoms with E-state index in [2.05, 4.69) is 6.92 Å². The van der Waals surface area contributed by atoms with E-state index in [1.54, 1.807) is 31.1 Å². The van der Waals surface area contributed by atoms with Crippen LogP contribution < -0.4 is 9.47 Å². The first-order valence-electron chi connectivity index (χ1n) is 12.9. The van der Waals surface area contributed by atoms with E-state index < -0.39 is 11.5 Å². The fraction of sp³-hybridized carbons (Fsp3) is 0.517. The van der Waals surface area contributed by atoms with Crippen LogP contribution in [-0.4, -0.2) is 56.0 Å². The number of ether oxygens (including phenoxy) is 4. The lowest BCUT2D eigenvalue weighted by Crippen LogP contribution is -2.40. The van der Waals surface area contributed by atoms with Crippen molar-refractivity contribution in [1.29, 1.82) is 0 Å². The van der Waals surface area contributed by atoms with Gasteiger partial charge in [-0.05, 0) is 69.4 Å². The van der Waals surface area contributed by atoms with Gasteiger partial charge in [0.2, 0.25) is 0 Å². The topological polar surface area (TPSA) is 74.3 Å². The van der Waals surface area contributed by atoms with Crippen molar-refractivity contribution in [3.8, 4) is 11.5 Å². The summed E-state index contributed by atoms with van der Waals surface area (Å²) in [7, 11) is 1.64. The highest BCUT2D eigenvalue weighted by atomic mass is 16.6. The highest BCUT2D eigenvalue weighted by Gasteiger charge is 2.51. The first-order chi connectivity index (χ1) is 17.4. The number of rotatable bonds is 8. The monoisotopic (exact) mass is 495 g/mol. The summed E-state index contributed by atoms with van der Waals surface area (Å²) in [5.74, 6) is 0.930. The Labute approximate surface area is 213 Å². The molecule has 2 aromatic rings. The summed E-state index contributed by atoms with van der Waals surface area (Å²) in [5, 5.41) is 0. The van der Waals surface area contributed by atoms with Gasteiger partial charge in [0, 0.05) is 24.4 Å². The lowest BCUT2D eigenvalue weighted by Gasteiger charge is -2.36. The molecule has 0 N–H and O–H groups in total. The van der Waals surface area contributed by atoms with Gasteiger partial charge in [-0.15, -0.1) is 0 Å². The van der Waals surface area contributed by atoms with Crippen molar-refractivity contribution < 1.29 is 28.5 Å². The van der Waals surface area contributed by atoms with Gasteiger partial charge >= 0.3 is 12.1 Å². The number of esters is 1. The summed E-state index contributed by atoms with van der Waals surface area (Å²) >= 11 is 0. The number of carbonyl (C=O) groups excluding carboxylic acids is 2. The lowest BCUT2D eigenvalue weighted by molar-refractivity contribution is -0.00698. The number of nitrogens with zero attached hydrogens (tertiary/aromatic N) is 1. The van der Waals surface area contributed by atoms with Gasteiger partial charge in [0.1, 0.15) is 6.10 Å². The number of benzene rings is 2. The largest absolute Gasteiger partial charge is 0.493 e. The predicted octanol–water partition coefficient (Wildman–Crippen LogP) is 5.82. The van der Waals surface area contributed by atoms with Crippen LogP contribution in [0.3, 0.4) is 0 Å². The zero-order chi connectivity index (χ0) is 25.7. The quantitative estimate of drug-likeness (QED) is 0.430. The van der Waals surface area contributed by atoms with Crippen molar-refractivity contribution in [3.05, 3.63) is 59.7 Å². The number of carbonyl (C=O) groups is 2. The molecule has 1 aliphatic heterocycles. The van der Waals surface area contributed by atoms with E-state index in [0.29, 0.717) is 36.8 Å². The standard InChI is InChI=1S/C29H37NO6/c1-5-34-28(32)30-18-24(22-15-16-25(33-4)26(17-22)36-23-13-9-10-14-23)29(3,19-30)20(2)35-27(31)21-11-7-6-8-12-21/h6-8,11-12,15-17,20,23-24H,5,9-10,13-14,18-19H2,1-4H3. The average molecular weight is 496 g/mol. The molecular formula is C29H37NO6. The van der Waals surface area contributed by atoms with Crippen LogP contribution in [0, 0.1) is 5.41 Å². The van der Waals surface area contributed by atoms with Gasteiger partial charge in [-0.25, -0.2) is 9.59 Å². The minimum Gasteiger partial charge on any atom is -0.493 e. The van der Waals surface area contributed by atoms with Crippen LogP contribution >= 0.6 is 0 Å². The molecule has 1 saturated carbocycles. The molecule has 0 spiro atoms. The number of hydrogen-bond acceptors (Lipinski definition) is 6. The Kier molecular flexibility index (Phi) is 8.07. The van der Waals surface area contributed by atoms with Crippen molar-refractivity contribution in [2.75, 3.05) is 26.8 Å². The number of methoxy groups -OCH3 is 1. The summed E-state index contributed by atoms with van der Waals surface area (Å²) in [6.07, 6.45) is 3.79. The smallest absolute Gasteiger partial charge is 0.409 e. The third kappa shape index (κ3) is 5.45. The Hall–Kier alpha value is -3.22. The Balaban J connectivity index is 1.63. The fourth-order valence-electron chi connectivity index (χ4n) is 5.39. The highest BCUT2D eigenvalue weighted by molar-refractivity contribution is 5.89. The molecular weight excluding hydrogens is 458 g/mol. The van der Waals surface area contributed by atoms with Crippen LogP contribution in [0.2, 0.25) is 0 Å². The number of amides is 1. The molecule has 7 heteroatoms. The van der Waals surface area contributed by atoms with Gasteiger partial charge in [0.05, 0.1) is 25.4 Å². The van der Waals surface area contributed by atoms with Crippen LogP contribution in [0.15, 0.2) is 48.5 Å². The maximum absolute atomic E-state index is 12.9. The first kappa shape index (κ1) is 25.9. The molecule has 0 radical (unpaired) electrons. The molecule has 36 heavy (non-hydrogen) atoms. The number of likely N-dealkylation sites (tertiary alicyclic amines) is 1. The van der Waals surface area contributed by atoms with Crippen LogP contribution in [0.5, 0.6) is 11.5 Å². The minimum atomic E-state index is -0.545. The third-order valence-corrected chi connectivity index (χ3v) is 7.66. The summed E-state index contributed by atoms with van der Waals surface area (Å²) in [5.41, 5.74) is 0.971. The Morgan fingerprint density at radius 2 is 1.81 bits per heavy atom. The zero-order valence-corrected chi connectivity index (χ0v) is 21.7. The maximum atomic E-state index is 12.9. The molecule has 2 aliphatic rings. The molecule has 7 nitrogen and oxygen atoms in total. The minimum absolute atomic E-state index is 0.0997. The third-order valence-electron chi connectivity index (χ3n) is 7.66. The van der Waals surface area contributed by atoms with E-state index in [4.69, 9.17) is 18.9 Å². The first-order valence-corrected chi connectivity index (χ1v) is 12.9. The second-order valence-electron chi connectivity index (χ2n) is 9.99. The second-order valence-corrected chi connectivity index (χ2v) is 9.99. The number of hydrogen-bond donors (Lipinski definition) is 0. The van der Waals surface area contributed by atoms with E-state index >= 15 is 0 Å². The van der Waals surface area contributed by atoms with E-state index in [1.807, 2.05) is 43.3 Å². The summed E-state index contributed by atoms with van der Waals surface area (Å²) < 4.78 is 23.2. The Bertz CT molecular complexity index is 1050. The van der Waals surface area contributed by atoms with Crippen LogP contribution in [-0.2, 0) is 9.47 Å². The fourth-order valence-corrected chi connectivity index (χ4v) is 5.39. The van der Waals surface area contributed by atoms with Gasteiger partial charge in [-0.2, -0.15) is 0 Å². The predicted molar refractivity (Wildman–Crippen MR) is 137 cm³/mol. The van der Waals surface area contributed by atoms with Gasteiger partial charge in [-0.3, -0.25) is 0 Å². The van der Waals surface area contributed by atoms with Gasteiger partial charge in [-0.1, -0.05) is 31.2 Å². The molecule has 1 heterocycles. The maximum Gasteiger partial charge on any atom is 0.409 e. The molecule has 3 unspecified atom stereocenters. The van der Waals surface area contributed by atoms with Crippen LogP contribution in [0.1, 0.15) is 68.3 Å². The lowest BCUT2D eigenvalue weighted by atomic mass is 9.72. The van der Waals surface area contributed by atoms with Gasteiger partial charge in [0.15, 0.2) is 11.5 Å². The summed E-state index contributed by atoms with van der Waals surface area (Å²) in [6, 6.07) is 14.9. The normalized spacial score (nSPS) is 22.8. The van der Waals surface area contributed by atoms with Crippen molar-refractivity contribution >= 4 is 12.1 Å². The Morgan fingerprint density at radius 1 is 1.08 bits per heavy atom. The van der Waals surface area contributed by atoms with Crippen LogP contribution in [0.25, 0.3) is 0 Å². The van der Waals surface area contributed by atoms with Crippen molar-refractivity contribution in [1.82, 2.24) is 4.90 Å². The molecule has 194 valence electrons. The highest BCUT2D eigenvalue weighted by Crippen LogP contribution is 2.48. The molecule has 3 atom stereocenters. The second kappa shape index (κ2) is 11.2. The molecule has 1 saturated heterocycles. The van der Waals surface area contributed by atoms with E-state index in [-0.39, 0.29) is 24.1 Å². The van der Waals surface area contributed by atoms with Crippen molar-refractivity contribution in [2.24, 2.45) is 5.41 Å². The Morgan fingerprint density at radius 3 is 2.47 bits per heavy atom. The molecule has 0 aromatic heterocycles. The zero-order valence-electron chi connectivity index (χ0n) is 21.7. The van der Waals surface area contributed by atoms with Crippen molar-refractivity contribution in [3.63, 3.8) is 0 Å². The summed E-state index contributed by atoms with van der Waals surface area (Å²) in [6.45, 7) is 6.94. The molecule has 0 bridgehead atoms. The average Bonchev–Trinajstić information content (AvgIpc) is 3.53. The molecule has 4 rings (SSSR count).